The minimum atomic E-state index is -0.418. The predicted molar refractivity (Wildman–Crippen MR) is 361 cm³/mol. The second kappa shape index (κ2) is 27.8. The molecule has 0 fully saturated rings. The van der Waals surface area contributed by atoms with Gasteiger partial charge >= 0.3 is 11.9 Å². The van der Waals surface area contributed by atoms with Crippen molar-refractivity contribution in [1.29, 1.82) is 5.26 Å². The fraction of sp³-hybridized carbons (Fsp3) is 0.0933. The van der Waals surface area contributed by atoms with Crippen LogP contribution in [0.15, 0.2) is 225 Å². The van der Waals surface area contributed by atoms with Gasteiger partial charge < -0.3 is 24.3 Å². The van der Waals surface area contributed by atoms with Crippen molar-refractivity contribution in [2.45, 2.75) is 13.8 Å². The fourth-order valence-corrected chi connectivity index (χ4v) is 11.1. The summed E-state index contributed by atoms with van der Waals surface area (Å²) in [4.78, 5) is 46.1. The maximum absolute atomic E-state index is 12.1. The zero-order chi connectivity index (χ0) is 62.7. The van der Waals surface area contributed by atoms with Gasteiger partial charge in [0.25, 0.3) is 0 Å². The van der Waals surface area contributed by atoms with E-state index in [0.29, 0.717) is 57.7 Å². The highest BCUT2D eigenvalue weighted by Gasteiger charge is 2.22. The number of esters is 2. The summed E-state index contributed by atoms with van der Waals surface area (Å²) in [5.74, 6) is 0.440. The molecule has 90 heavy (non-hydrogen) atoms. The second-order valence-electron chi connectivity index (χ2n) is 20.3. The molecule has 10 aliphatic rings. The number of nitrogens with zero attached hydrogens (tertiary/aromatic N) is 6. The Kier molecular flexibility index (Phi) is 18.7. The summed E-state index contributed by atoms with van der Waals surface area (Å²) < 4.78 is 20.5. The number of halogens is 2. The molecule has 0 saturated heterocycles. The summed E-state index contributed by atoms with van der Waals surface area (Å²) in [5.41, 5.74) is 17.1. The van der Waals surface area contributed by atoms with Crippen LogP contribution in [0.25, 0.3) is 110 Å². The van der Waals surface area contributed by atoms with Crippen molar-refractivity contribution in [3.63, 3.8) is 0 Å². The van der Waals surface area contributed by atoms with Crippen molar-refractivity contribution in [2.75, 3.05) is 39.8 Å². The number of anilines is 1. The Balaban J connectivity index is 0.000000117. The van der Waals surface area contributed by atoms with Gasteiger partial charge in [-0.05, 0) is 130 Å². The van der Waals surface area contributed by atoms with E-state index in [9.17, 15) is 9.59 Å². The summed E-state index contributed by atoms with van der Waals surface area (Å²) in [6.07, 6.45) is 1.83. The van der Waals surface area contributed by atoms with Crippen LogP contribution >= 0.6 is 23.2 Å². The highest BCUT2D eigenvalue weighted by atomic mass is 35.5. The maximum Gasteiger partial charge on any atom is 0.343 e. The van der Waals surface area contributed by atoms with Gasteiger partial charge in [-0.25, -0.2) is 29.5 Å². The summed E-state index contributed by atoms with van der Waals surface area (Å²) in [6, 6.07) is 74.3. The van der Waals surface area contributed by atoms with Crippen LogP contribution in [-0.2, 0) is 9.47 Å². The fourth-order valence-electron chi connectivity index (χ4n) is 10.8. The molecule has 0 bridgehead atoms. The monoisotopic (exact) mass is 1220 g/mol. The van der Waals surface area contributed by atoms with E-state index in [2.05, 4.69) is 84.8 Å². The van der Waals surface area contributed by atoms with E-state index >= 15 is 0 Å². The normalized spacial score (nSPS) is 10.8. The molecule has 0 spiro atoms. The number of pyridine rings is 5. The first-order valence-electron chi connectivity index (χ1n) is 28.9. The number of hydrogen-bond acceptors (Lipinski definition) is 13. The Morgan fingerprint density at radius 3 is 1.29 bits per heavy atom. The third kappa shape index (κ3) is 12.8. The lowest BCUT2D eigenvalue weighted by Gasteiger charge is -2.08. The number of nitriles is 1. The third-order valence-corrected chi connectivity index (χ3v) is 15.6. The Morgan fingerprint density at radius 2 is 0.833 bits per heavy atom. The molecule has 5 aromatic heterocycles. The Bertz CT molecular complexity index is 4820. The zero-order valence-corrected chi connectivity index (χ0v) is 51.2. The summed E-state index contributed by atoms with van der Waals surface area (Å²) in [7, 11) is 4.77. The first kappa shape index (κ1) is 60.6. The molecule has 0 aliphatic heterocycles. The van der Waals surface area contributed by atoms with E-state index in [-0.39, 0.29) is 5.97 Å². The summed E-state index contributed by atoms with van der Waals surface area (Å²) in [6.45, 7) is 4.22. The first-order chi connectivity index (χ1) is 44.0. The van der Waals surface area contributed by atoms with Crippen molar-refractivity contribution in [3.05, 3.63) is 251 Å². The van der Waals surface area contributed by atoms with Crippen LogP contribution in [0.3, 0.4) is 0 Å². The zero-order valence-electron chi connectivity index (χ0n) is 49.7. The largest absolute Gasteiger partial charge is 0.480 e. The average molecular weight is 1220 g/mol. The van der Waals surface area contributed by atoms with Crippen molar-refractivity contribution >= 4 is 95.5 Å². The molecule has 13 nitrogen and oxygen atoms in total. The van der Waals surface area contributed by atoms with Gasteiger partial charge in [0.1, 0.15) is 33.7 Å². The molecule has 15 rings (SSSR count). The summed E-state index contributed by atoms with van der Waals surface area (Å²) in [5, 5.41) is 18.1. The minimum Gasteiger partial charge on any atom is -0.480 e. The highest BCUT2D eigenvalue weighted by molar-refractivity contribution is 6.42. The Hall–Kier alpha value is -11.0. The highest BCUT2D eigenvalue weighted by Crippen LogP contribution is 2.40. The number of methoxy groups -OCH3 is 2. The van der Waals surface area contributed by atoms with Gasteiger partial charge in [0.15, 0.2) is 0 Å². The maximum atomic E-state index is 12.1. The van der Waals surface area contributed by atoms with Gasteiger partial charge in [-0.15, -0.1) is 0 Å². The quantitative estimate of drug-likeness (QED) is 0.118. The smallest absolute Gasteiger partial charge is 0.343 e. The van der Waals surface area contributed by atoms with Crippen molar-refractivity contribution in [2.24, 2.45) is 0 Å². The standard InChI is InChI=1S/C17H16N2O2.C17H15NO3.C15H10N2O.C13H7Cl2N.C13H9N/c1-3-21-17(20)14-10-13-12-8-6-4-5-7-11(12)9-15(13)19-16(14)18-2;1-3-21-17(19)14-10-13-12-8-6-4-5-7-11(12)9-15(13)18-16(14)20-2;1-18-15-11(9-16)7-13-12-6-4-2-3-5-10(12)8-14(13)17-15;14-11-7-10-9-5-3-1-2-4-8(9)6-12(10)16-13(11)15;1-2-5-10-9-13-12(7-4-8-14-13)11(10)6-3-1/h4-10H,3H2,1-2H3,(H,18,19);4-10H,3H2,1-2H3;2-8H,1H3;1-7H;1-9H. The molecule has 10 aliphatic carbocycles. The van der Waals surface area contributed by atoms with E-state index in [1.54, 1.807) is 27.0 Å². The Morgan fingerprint density at radius 1 is 0.444 bits per heavy atom. The van der Waals surface area contributed by atoms with Gasteiger partial charge in [-0.3, -0.25) is 4.98 Å². The number of fused-ring (bicyclic) bond motifs is 15. The molecular weight excluding hydrogens is 1170 g/mol. The number of aromatic nitrogens is 5. The van der Waals surface area contributed by atoms with Crippen LogP contribution in [0, 0.1) is 11.3 Å². The molecular formula is C75H57Cl2N7O6. The Labute approximate surface area is 529 Å². The lowest BCUT2D eigenvalue weighted by atomic mass is 10.1. The van der Waals surface area contributed by atoms with Gasteiger partial charge in [-0.2, -0.15) is 5.26 Å². The van der Waals surface area contributed by atoms with Crippen LogP contribution in [0.1, 0.15) is 40.1 Å². The molecule has 1 N–H and O–H groups in total. The van der Waals surface area contributed by atoms with E-state index in [4.69, 9.17) is 47.4 Å². The predicted octanol–water partition coefficient (Wildman–Crippen LogP) is 18.3. The van der Waals surface area contributed by atoms with E-state index in [1.165, 1.54) is 30.7 Å². The molecule has 0 aromatic carbocycles. The molecule has 0 radical (unpaired) electrons. The SMILES string of the molecule is CCOC(=O)c1cc2c3cccccc-3cc2nc1NC.CCOC(=O)c1cc2c3cccccc-3cc2nc1OC.COc1nc2cc3cccccc-3c2cc1C#N.Clc1cc2c3cccccc-3cc2nc1Cl.c1ccc2cc3ncccc3c-2cc1. The van der Waals surface area contributed by atoms with Crippen molar-refractivity contribution in [1.82, 2.24) is 24.9 Å². The summed E-state index contributed by atoms with van der Waals surface area (Å²) >= 11 is 11.9. The van der Waals surface area contributed by atoms with E-state index in [0.717, 1.165) is 93.6 Å². The van der Waals surface area contributed by atoms with Crippen LogP contribution in [-0.4, -0.2) is 71.3 Å². The molecule has 442 valence electrons. The molecule has 15 heteroatoms. The molecule has 5 heterocycles. The second-order valence-corrected chi connectivity index (χ2v) is 21.1. The molecule has 0 amide bonds. The number of carbonyl (C=O) groups excluding carboxylic acids is 2. The van der Waals surface area contributed by atoms with Gasteiger partial charge in [-0.1, -0.05) is 181 Å². The third-order valence-electron chi connectivity index (χ3n) is 14.9. The number of carbonyl (C=O) groups is 2. The number of hydrogen-bond donors (Lipinski definition) is 1. The molecule has 0 unspecified atom stereocenters. The van der Waals surface area contributed by atoms with E-state index < -0.39 is 5.97 Å². The van der Waals surface area contributed by atoms with Crippen LogP contribution in [0.4, 0.5) is 5.82 Å². The van der Waals surface area contributed by atoms with Gasteiger partial charge in [0.05, 0.1) is 60.0 Å². The van der Waals surface area contributed by atoms with Gasteiger partial charge in [0, 0.05) is 40.2 Å². The van der Waals surface area contributed by atoms with Crippen LogP contribution < -0.4 is 14.8 Å². The number of ether oxygens (including phenoxy) is 4. The lowest BCUT2D eigenvalue weighted by molar-refractivity contribution is 0.0514. The number of rotatable bonds is 7. The molecule has 0 atom stereocenters. The molecule has 5 aromatic rings. The van der Waals surface area contributed by atoms with E-state index in [1.807, 2.05) is 170 Å². The first-order valence-corrected chi connectivity index (χ1v) is 29.6. The van der Waals surface area contributed by atoms with Crippen molar-refractivity contribution < 1.29 is 28.5 Å². The topological polar surface area (TPSA) is 171 Å². The average Bonchev–Trinajstić information content (AvgIpc) is 1.73. The van der Waals surface area contributed by atoms with Crippen LogP contribution in [0.5, 0.6) is 11.8 Å². The molecule has 0 saturated carbocycles. The lowest BCUT2D eigenvalue weighted by Crippen LogP contribution is -2.09. The van der Waals surface area contributed by atoms with Crippen molar-refractivity contribution in [3.8, 4) is 73.5 Å². The van der Waals surface area contributed by atoms with Crippen LogP contribution in [0.2, 0.25) is 10.2 Å². The number of nitrogens with one attached hydrogen (secondary N) is 1. The van der Waals surface area contributed by atoms with Gasteiger partial charge in [0.2, 0.25) is 11.8 Å². The minimum absolute atomic E-state index is 0.292.